The van der Waals surface area contributed by atoms with Gasteiger partial charge >= 0.3 is 6.03 Å². The van der Waals surface area contributed by atoms with Gasteiger partial charge in [-0.1, -0.05) is 44.2 Å². The van der Waals surface area contributed by atoms with Crippen molar-refractivity contribution < 1.29 is 9.59 Å². The lowest BCUT2D eigenvalue weighted by atomic mass is 10.1. The lowest BCUT2D eigenvalue weighted by molar-refractivity contribution is -0.120. The third kappa shape index (κ3) is 7.34. The number of benzene rings is 1. The number of amides is 3. The molecular formula is C16H25N3O2. The van der Waals surface area contributed by atoms with E-state index in [1.807, 2.05) is 51.1 Å². The van der Waals surface area contributed by atoms with Crippen LogP contribution in [0.5, 0.6) is 0 Å². The van der Waals surface area contributed by atoms with Gasteiger partial charge in [-0.2, -0.15) is 0 Å². The van der Waals surface area contributed by atoms with Crippen molar-refractivity contribution in [3.63, 3.8) is 0 Å². The average molecular weight is 291 g/mol. The number of hydrogen-bond acceptors (Lipinski definition) is 2. The van der Waals surface area contributed by atoms with Crippen molar-refractivity contribution >= 4 is 11.9 Å². The molecule has 0 aromatic heterocycles. The zero-order valence-corrected chi connectivity index (χ0v) is 13.0. The Labute approximate surface area is 126 Å². The Bertz CT molecular complexity index is 446. The van der Waals surface area contributed by atoms with Crippen molar-refractivity contribution in [1.82, 2.24) is 16.0 Å². The molecule has 5 nitrogen and oxygen atoms in total. The molecule has 21 heavy (non-hydrogen) atoms. The second kappa shape index (κ2) is 9.00. The van der Waals surface area contributed by atoms with Gasteiger partial charge in [0.05, 0.1) is 6.54 Å². The molecule has 116 valence electrons. The summed E-state index contributed by atoms with van der Waals surface area (Å²) in [5, 5.41) is 8.12. The third-order valence-electron chi connectivity index (χ3n) is 3.35. The number of rotatable bonds is 7. The predicted octanol–water partition coefficient (Wildman–Crippen LogP) is 1.69. The van der Waals surface area contributed by atoms with Crippen LogP contribution >= 0.6 is 0 Å². The SMILES string of the molecule is CC(C)[C@H](C)NC(=O)NCC(=O)NCCc1ccccc1. The van der Waals surface area contributed by atoms with E-state index in [0.717, 1.165) is 6.42 Å². The molecule has 1 rings (SSSR count). The first-order chi connectivity index (χ1) is 9.99. The topological polar surface area (TPSA) is 70.2 Å². The van der Waals surface area contributed by atoms with E-state index >= 15 is 0 Å². The smallest absolute Gasteiger partial charge is 0.315 e. The summed E-state index contributed by atoms with van der Waals surface area (Å²) in [6, 6.07) is 9.71. The fourth-order valence-electron chi connectivity index (χ4n) is 1.64. The molecular weight excluding hydrogens is 266 g/mol. The predicted molar refractivity (Wildman–Crippen MR) is 84.0 cm³/mol. The van der Waals surface area contributed by atoms with Crippen molar-refractivity contribution in [2.45, 2.75) is 33.2 Å². The molecule has 0 spiro atoms. The molecule has 5 heteroatoms. The largest absolute Gasteiger partial charge is 0.354 e. The van der Waals surface area contributed by atoms with Gasteiger partial charge in [-0.05, 0) is 24.8 Å². The van der Waals surface area contributed by atoms with Gasteiger partial charge in [0, 0.05) is 12.6 Å². The van der Waals surface area contributed by atoms with Crippen LogP contribution in [-0.4, -0.2) is 31.1 Å². The summed E-state index contributed by atoms with van der Waals surface area (Å²) in [6.07, 6.45) is 0.781. The Kier molecular flexibility index (Phi) is 7.29. The van der Waals surface area contributed by atoms with E-state index in [9.17, 15) is 9.59 Å². The Morgan fingerprint density at radius 3 is 2.33 bits per heavy atom. The van der Waals surface area contributed by atoms with Crippen molar-refractivity contribution in [2.24, 2.45) is 5.92 Å². The van der Waals surface area contributed by atoms with Gasteiger partial charge in [0.25, 0.3) is 0 Å². The monoisotopic (exact) mass is 291 g/mol. The zero-order valence-electron chi connectivity index (χ0n) is 13.0. The Balaban J connectivity index is 2.15. The van der Waals surface area contributed by atoms with Gasteiger partial charge in [0.15, 0.2) is 0 Å². The fraction of sp³-hybridized carbons (Fsp3) is 0.500. The fourth-order valence-corrected chi connectivity index (χ4v) is 1.64. The first-order valence-corrected chi connectivity index (χ1v) is 7.34. The van der Waals surface area contributed by atoms with E-state index in [1.54, 1.807) is 0 Å². The molecule has 3 N–H and O–H groups in total. The Hall–Kier alpha value is -2.04. The molecule has 1 aromatic rings. The molecule has 0 radical (unpaired) electrons. The van der Waals surface area contributed by atoms with Gasteiger partial charge in [-0.15, -0.1) is 0 Å². The number of carbonyl (C=O) groups excluding carboxylic acids is 2. The van der Waals surface area contributed by atoms with Gasteiger partial charge in [-0.3, -0.25) is 4.79 Å². The van der Waals surface area contributed by atoms with Crippen LogP contribution in [0.1, 0.15) is 26.3 Å². The summed E-state index contributed by atoms with van der Waals surface area (Å²) < 4.78 is 0. The van der Waals surface area contributed by atoms with E-state index in [4.69, 9.17) is 0 Å². The van der Waals surface area contributed by atoms with Crippen molar-refractivity contribution in [3.05, 3.63) is 35.9 Å². The lowest BCUT2D eigenvalue weighted by Crippen LogP contribution is -2.46. The van der Waals surface area contributed by atoms with Crippen LogP contribution in [0.2, 0.25) is 0 Å². The first-order valence-electron chi connectivity index (χ1n) is 7.34. The summed E-state index contributed by atoms with van der Waals surface area (Å²) in [5.41, 5.74) is 1.18. The van der Waals surface area contributed by atoms with E-state index in [0.29, 0.717) is 12.5 Å². The highest BCUT2D eigenvalue weighted by atomic mass is 16.2. The second-order valence-electron chi connectivity index (χ2n) is 5.45. The van der Waals surface area contributed by atoms with E-state index in [1.165, 1.54) is 5.56 Å². The molecule has 0 heterocycles. The lowest BCUT2D eigenvalue weighted by Gasteiger charge is -2.17. The van der Waals surface area contributed by atoms with Crippen LogP contribution in [0.4, 0.5) is 4.79 Å². The molecule has 0 saturated carbocycles. The molecule has 1 atom stereocenters. The highest BCUT2D eigenvalue weighted by molar-refractivity contribution is 5.83. The minimum absolute atomic E-state index is 0.00849. The minimum atomic E-state index is -0.311. The van der Waals surface area contributed by atoms with Gasteiger partial charge < -0.3 is 16.0 Å². The summed E-state index contributed by atoms with van der Waals surface area (Å²) in [7, 11) is 0. The van der Waals surface area contributed by atoms with Gasteiger partial charge in [0.2, 0.25) is 5.91 Å². The van der Waals surface area contributed by atoms with Crippen LogP contribution in [-0.2, 0) is 11.2 Å². The molecule has 0 unspecified atom stereocenters. The van der Waals surface area contributed by atoms with Crippen LogP contribution in [0, 0.1) is 5.92 Å². The van der Waals surface area contributed by atoms with E-state index in [-0.39, 0.29) is 24.5 Å². The van der Waals surface area contributed by atoms with Crippen LogP contribution in [0.25, 0.3) is 0 Å². The first kappa shape index (κ1) is 17.0. The van der Waals surface area contributed by atoms with E-state index < -0.39 is 0 Å². The quantitative estimate of drug-likeness (QED) is 0.715. The molecule has 0 fully saturated rings. The Morgan fingerprint density at radius 1 is 1.05 bits per heavy atom. The molecule has 1 aromatic carbocycles. The highest BCUT2D eigenvalue weighted by Gasteiger charge is 2.11. The summed E-state index contributed by atoms with van der Waals surface area (Å²) in [4.78, 5) is 23.2. The number of hydrogen-bond donors (Lipinski definition) is 3. The number of carbonyl (C=O) groups is 2. The maximum Gasteiger partial charge on any atom is 0.315 e. The summed E-state index contributed by atoms with van der Waals surface area (Å²) >= 11 is 0. The average Bonchev–Trinajstić information content (AvgIpc) is 2.46. The zero-order chi connectivity index (χ0) is 15.7. The number of nitrogens with one attached hydrogen (secondary N) is 3. The maximum absolute atomic E-state index is 11.6. The van der Waals surface area contributed by atoms with Crippen molar-refractivity contribution in [3.8, 4) is 0 Å². The molecule has 0 bridgehead atoms. The molecule has 0 aliphatic carbocycles. The molecule has 3 amide bonds. The standard InChI is InChI=1S/C16H25N3O2/c1-12(2)13(3)19-16(21)18-11-15(20)17-10-9-14-7-5-4-6-8-14/h4-8,12-13H,9-11H2,1-3H3,(H,17,20)(H2,18,19,21)/t13-/m0/s1. The molecule has 0 aliphatic heterocycles. The summed E-state index contributed by atoms with van der Waals surface area (Å²) in [6.45, 7) is 6.55. The molecule has 0 aliphatic rings. The second-order valence-corrected chi connectivity index (χ2v) is 5.45. The third-order valence-corrected chi connectivity index (χ3v) is 3.35. The van der Waals surface area contributed by atoms with Crippen LogP contribution < -0.4 is 16.0 Å². The highest BCUT2D eigenvalue weighted by Crippen LogP contribution is 1.99. The van der Waals surface area contributed by atoms with Gasteiger partial charge in [0.1, 0.15) is 0 Å². The summed E-state index contributed by atoms with van der Waals surface area (Å²) in [5.74, 6) is 0.175. The van der Waals surface area contributed by atoms with E-state index in [2.05, 4.69) is 16.0 Å². The normalized spacial score (nSPS) is 11.8. The van der Waals surface area contributed by atoms with Crippen LogP contribution in [0.15, 0.2) is 30.3 Å². The number of urea groups is 1. The van der Waals surface area contributed by atoms with Crippen molar-refractivity contribution in [1.29, 1.82) is 0 Å². The molecule has 0 saturated heterocycles. The van der Waals surface area contributed by atoms with Crippen LogP contribution in [0.3, 0.4) is 0 Å². The Morgan fingerprint density at radius 2 is 1.71 bits per heavy atom. The maximum atomic E-state index is 11.6. The minimum Gasteiger partial charge on any atom is -0.354 e. The van der Waals surface area contributed by atoms with Gasteiger partial charge in [-0.25, -0.2) is 4.79 Å². The van der Waals surface area contributed by atoms with Crippen molar-refractivity contribution in [2.75, 3.05) is 13.1 Å².